The van der Waals surface area contributed by atoms with Crippen LogP contribution in [0.1, 0.15) is 0 Å². The van der Waals surface area contributed by atoms with Crippen molar-refractivity contribution in [3.8, 4) is 0 Å². The second-order valence-electron chi connectivity index (χ2n) is 1.55. The van der Waals surface area contributed by atoms with Crippen molar-refractivity contribution >= 4 is 23.6 Å². The van der Waals surface area contributed by atoms with Gasteiger partial charge in [0.2, 0.25) is 5.91 Å². The number of nitrogens with one attached hydrogen (secondary N) is 2. The third-order valence-corrected chi connectivity index (χ3v) is 1.42. The van der Waals surface area contributed by atoms with Gasteiger partial charge in [-0.3, -0.25) is 10.2 Å². The molecular weight excluding hydrogens is 152 g/mol. The lowest BCUT2D eigenvalue weighted by Gasteiger charge is -1.78. The lowest BCUT2D eigenvalue weighted by atomic mass is 10.7. The molecule has 0 aromatic rings. The molecule has 1 heterocycles. The van der Waals surface area contributed by atoms with E-state index in [4.69, 9.17) is 5.41 Å². The molecule has 1 saturated heterocycles. The number of nitrogens with two attached hydrogens (primary N) is 2. The van der Waals surface area contributed by atoms with Crippen LogP contribution in [0.5, 0.6) is 0 Å². The number of hydrogen-bond donors (Lipinski definition) is 4. The van der Waals surface area contributed by atoms with Crippen LogP contribution in [0.3, 0.4) is 0 Å². The molecule has 0 aromatic carbocycles. The van der Waals surface area contributed by atoms with E-state index < -0.39 is 0 Å². The second-order valence-corrected chi connectivity index (χ2v) is 2.53. The van der Waals surface area contributed by atoms with Crippen molar-refractivity contribution in [1.29, 1.82) is 5.41 Å². The maximum atomic E-state index is 10.1. The van der Waals surface area contributed by atoms with Gasteiger partial charge in [0, 0.05) is 0 Å². The summed E-state index contributed by atoms with van der Waals surface area (Å²) in [7, 11) is 0. The van der Waals surface area contributed by atoms with Gasteiger partial charge in [-0.25, -0.2) is 0 Å². The Morgan fingerprint density at radius 3 is 2.30 bits per heavy atom. The number of rotatable bonds is 0. The minimum absolute atomic E-state index is 0.167. The normalized spacial score (nSPS) is 15.0. The zero-order valence-electron chi connectivity index (χ0n) is 5.39. The summed E-state index contributed by atoms with van der Waals surface area (Å²) in [6.45, 7) is 0. The second kappa shape index (κ2) is 4.92. The van der Waals surface area contributed by atoms with Crippen molar-refractivity contribution in [2.75, 3.05) is 11.6 Å². The lowest BCUT2D eigenvalue weighted by Crippen LogP contribution is -2.20. The molecule has 0 aromatic heterocycles. The van der Waals surface area contributed by atoms with Crippen LogP contribution < -0.4 is 16.8 Å². The van der Waals surface area contributed by atoms with E-state index >= 15 is 0 Å². The third-order valence-electron chi connectivity index (χ3n) is 0.605. The van der Waals surface area contributed by atoms with Crippen LogP contribution in [-0.2, 0) is 4.79 Å². The molecule has 6 N–H and O–H groups in total. The fourth-order valence-electron chi connectivity index (χ4n) is 0.326. The van der Waals surface area contributed by atoms with E-state index in [-0.39, 0.29) is 11.9 Å². The van der Waals surface area contributed by atoms with Gasteiger partial charge in [0.15, 0.2) is 5.96 Å². The summed E-state index contributed by atoms with van der Waals surface area (Å²) in [4.78, 5) is 10.1. The number of thioether (sulfide) groups is 1. The smallest absolute Gasteiger partial charge is 0.230 e. The molecule has 1 aliphatic heterocycles. The Hall–Kier alpha value is -0.910. The summed E-state index contributed by atoms with van der Waals surface area (Å²) in [6.07, 6.45) is 0. The van der Waals surface area contributed by atoms with Crippen LogP contribution in [-0.4, -0.2) is 23.5 Å². The minimum atomic E-state index is -0.333. The first kappa shape index (κ1) is 9.09. The summed E-state index contributed by atoms with van der Waals surface area (Å²) >= 11 is 1.62. The number of amides is 1. The molecule has 1 amide bonds. The molecule has 10 heavy (non-hydrogen) atoms. The number of carbonyl (C=O) groups is 1. The van der Waals surface area contributed by atoms with Gasteiger partial charge in [0.1, 0.15) is 0 Å². The van der Waals surface area contributed by atoms with Crippen molar-refractivity contribution in [2.45, 2.75) is 0 Å². The zero-order valence-corrected chi connectivity index (χ0v) is 6.20. The van der Waals surface area contributed by atoms with E-state index in [0.717, 1.165) is 5.88 Å². The maximum absolute atomic E-state index is 10.1. The number of carbonyl (C=O) groups excluding carboxylic acids is 1. The predicted octanol–water partition coefficient (Wildman–Crippen LogP) is -1.35. The molecule has 1 rings (SSSR count). The van der Waals surface area contributed by atoms with E-state index in [9.17, 15) is 4.79 Å². The molecule has 1 fully saturated rings. The van der Waals surface area contributed by atoms with Crippen LogP contribution in [0.25, 0.3) is 0 Å². The minimum Gasteiger partial charge on any atom is -0.370 e. The summed E-state index contributed by atoms with van der Waals surface area (Å²) in [5.41, 5.74) is 8.94. The van der Waals surface area contributed by atoms with Crippen molar-refractivity contribution in [3.63, 3.8) is 0 Å². The number of hydrogen-bond acceptors (Lipinski definition) is 3. The highest BCUT2D eigenvalue weighted by Gasteiger charge is 2.05. The van der Waals surface area contributed by atoms with E-state index in [0.29, 0.717) is 5.75 Å². The van der Waals surface area contributed by atoms with Crippen LogP contribution in [0.15, 0.2) is 0 Å². The highest BCUT2D eigenvalue weighted by atomic mass is 32.2. The highest BCUT2D eigenvalue weighted by Crippen LogP contribution is 2.01. The molecule has 0 unspecified atom stereocenters. The average molecular weight is 162 g/mol. The SMILES string of the molecule is N=C(N)N.O=C1CSCN1. The van der Waals surface area contributed by atoms with Gasteiger partial charge < -0.3 is 16.8 Å². The lowest BCUT2D eigenvalue weighted by molar-refractivity contribution is -0.117. The van der Waals surface area contributed by atoms with E-state index in [2.05, 4.69) is 16.8 Å². The van der Waals surface area contributed by atoms with Crippen molar-refractivity contribution < 1.29 is 4.79 Å². The standard InChI is InChI=1S/C3H5NOS.CH5N3/c5-3-1-6-2-4-3;2-1(3)4/h1-2H2,(H,4,5);(H5,2,3,4). The summed E-state index contributed by atoms with van der Waals surface area (Å²) in [5, 5.41) is 8.70. The monoisotopic (exact) mass is 162 g/mol. The quantitative estimate of drug-likeness (QED) is 0.261. The summed E-state index contributed by atoms with van der Waals surface area (Å²) in [6, 6.07) is 0. The van der Waals surface area contributed by atoms with Crippen LogP contribution in [0.2, 0.25) is 0 Å². The van der Waals surface area contributed by atoms with Gasteiger partial charge in [-0.05, 0) is 0 Å². The Morgan fingerprint density at radius 1 is 1.70 bits per heavy atom. The molecule has 0 saturated carbocycles. The molecule has 0 aliphatic carbocycles. The van der Waals surface area contributed by atoms with Crippen LogP contribution >= 0.6 is 11.8 Å². The van der Waals surface area contributed by atoms with Gasteiger partial charge >= 0.3 is 0 Å². The molecule has 1 aliphatic rings. The molecule has 58 valence electrons. The molecule has 5 nitrogen and oxygen atoms in total. The Bertz CT molecular complexity index is 125. The van der Waals surface area contributed by atoms with Crippen LogP contribution in [0.4, 0.5) is 0 Å². The Labute approximate surface area is 63.0 Å². The van der Waals surface area contributed by atoms with Crippen LogP contribution in [0, 0.1) is 5.41 Å². The van der Waals surface area contributed by atoms with E-state index in [1.54, 1.807) is 11.8 Å². The predicted molar refractivity (Wildman–Crippen MR) is 41.6 cm³/mol. The first-order chi connectivity index (χ1) is 4.63. The zero-order chi connectivity index (χ0) is 7.98. The fourth-order valence-corrected chi connectivity index (χ4v) is 0.979. The largest absolute Gasteiger partial charge is 0.370 e. The first-order valence-corrected chi connectivity index (χ1v) is 3.72. The van der Waals surface area contributed by atoms with Gasteiger partial charge in [0.05, 0.1) is 11.6 Å². The summed E-state index contributed by atoms with van der Waals surface area (Å²) in [5.74, 6) is 1.29. The third kappa shape index (κ3) is 7.09. The van der Waals surface area contributed by atoms with Gasteiger partial charge in [0.25, 0.3) is 0 Å². The van der Waals surface area contributed by atoms with Gasteiger partial charge in [-0.2, -0.15) is 0 Å². The molecular formula is C4H10N4OS. The Morgan fingerprint density at radius 2 is 2.20 bits per heavy atom. The topological polar surface area (TPSA) is 105 Å². The Balaban J connectivity index is 0.000000180. The average Bonchev–Trinajstić information content (AvgIpc) is 2.15. The molecule has 6 heteroatoms. The van der Waals surface area contributed by atoms with Crippen molar-refractivity contribution in [2.24, 2.45) is 11.5 Å². The van der Waals surface area contributed by atoms with Crippen molar-refractivity contribution in [3.05, 3.63) is 0 Å². The van der Waals surface area contributed by atoms with Gasteiger partial charge in [-0.1, -0.05) is 0 Å². The maximum Gasteiger partial charge on any atom is 0.230 e. The van der Waals surface area contributed by atoms with Gasteiger partial charge in [-0.15, -0.1) is 11.8 Å². The molecule has 0 radical (unpaired) electrons. The molecule has 0 spiro atoms. The van der Waals surface area contributed by atoms with E-state index in [1.165, 1.54) is 0 Å². The molecule has 0 atom stereocenters. The van der Waals surface area contributed by atoms with E-state index in [1.807, 2.05) is 0 Å². The molecule has 0 bridgehead atoms. The number of guanidine groups is 1. The first-order valence-electron chi connectivity index (χ1n) is 2.57. The highest BCUT2D eigenvalue weighted by molar-refractivity contribution is 8.00. The fraction of sp³-hybridized carbons (Fsp3) is 0.500. The summed E-state index contributed by atoms with van der Waals surface area (Å²) < 4.78 is 0. The van der Waals surface area contributed by atoms with Crippen molar-refractivity contribution in [1.82, 2.24) is 5.32 Å². The Kier molecular flexibility index (Phi) is 4.47.